The first-order valence-electron chi connectivity index (χ1n) is 5.99. The van der Waals surface area contributed by atoms with E-state index in [1.54, 1.807) is 24.3 Å². The van der Waals surface area contributed by atoms with E-state index in [0.717, 1.165) is 5.56 Å². The molecule has 2 rings (SSSR count). The Morgan fingerprint density at radius 1 is 1.20 bits per heavy atom. The summed E-state index contributed by atoms with van der Waals surface area (Å²) in [7, 11) is 0. The number of nitrogens with two attached hydrogens (primary N) is 1. The predicted octanol–water partition coefficient (Wildman–Crippen LogP) is 2.91. The SMILES string of the molecule is NC(=S)Cc1cccc(C(=O)Nc2cccc(F)c2)c1. The lowest BCUT2D eigenvalue weighted by Gasteiger charge is -2.07. The van der Waals surface area contributed by atoms with Gasteiger partial charge in [0.15, 0.2) is 0 Å². The average Bonchev–Trinajstić information content (AvgIpc) is 2.38. The van der Waals surface area contributed by atoms with Crippen LogP contribution in [-0.2, 0) is 6.42 Å². The molecule has 20 heavy (non-hydrogen) atoms. The Bertz CT molecular complexity index is 658. The smallest absolute Gasteiger partial charge is 0.255 e. The third-order valence-electron chi connectivity index (χ3n) is 2.65. The van der Waals surface area contributed by atoms with Crippen molar-refractivity contribution in [1.82, 2.24) is 0 Å². The molecule has 0 heterocycles. The molecule has 3 nitrogen and oxygen atoms in total. The molecular weight excluding hydrogens is 275 g/mol. The van der Waals surface area contributed by atoms with E-state index in [0.29, 0.717) is 22.7 Å². The van der Waals surface area contributed by atoms with Crippen LogP contribution in [0.25, 0.3) is 0 Å². The molecule has 0 saturated carbocycles. The van der Waals surface area contributed by atoms with Crippen molar-refractivity contribution >= 4 is 28.8 Å². The molecule has 0 spiro atoms. The van der Waals surface area contributed by atoms with Crippen molar-refractivity contribution in [2.24, 2.45) is 5.73 Å². The zero-order chi connectivity index (χ0) is 14.5. The molecule has 102 valence electrons. The Kier molecular flexibility index (Phi) is 4.42. The second-order valence-electron chi connectivity index (χ2n) is 4.31. The van der Waals surface area contributed by atoms with E-state index in [-0.39, 0.29) is 5.91 Å². The van der Waals surface area contributed by atoms with Crippen LogP contribution in [0.15, 0.2) is 48.5 Å². The highest BCUT2D eigenvalue weighted by Gasteiger charge is 2.07. The number of rotatable bonds is 4. The maximum Gasteiger partial charge on any atom is 0.255 e. The Morgan fingerprint density at radius 3 is 2.65 bits per heavy atom. The van der Waals surface area contributed by atoms with Gasteiger partial charge in [0.05, 0.1) is 4.99 Å². The van der Waals surface area contributed by atoms with Gasteiger partial charge >= 0.3 is 0 Å². The van der Waals surface area contributed by atoms with Gasteiger partial charge in [0.1, 0.15) is 5.82 Å². The fourth-order valence-electron chi connectivity index (χ4n) is 1.79. The van der Waals surface area contributed by atoms with Crippen molar-refractivity contribution in [3.8, 4) is 0 Å². The minimum Gasteiger partial charge on any atom is -0.393 e. The van der Waals surface area contributed by atoms with Crippen molar-refractivity contribution in [2.45, 2.75) is 6.42 Å². The third kappa shape index (κ3) is 3.86. The largest absolute Gasteiger partial charge is 0.393 e. The molecule has 2 aromatic carbocycles. The monoisotopic (exact) mass is 288 g/mol. The summed E-state index contributed by atoms with van der Waals surface area (Å²) in [6.07, 6.45) is 0.441. The van der Waals surface area contributed by atoms with E-state index in [2.05, 4.69) is 5.32 Å². The van der Waals surface area contributed by atoms with Gasteiger partial charge in [0, 0.05) is 17.7 Å². The standard InChI is InChI=1S/C15H13FN2OS/c16-12-5-2-6-13(9-12)18-15(19)11-4-1-3-10(7-11)8-14(17)20/h1-7,9H,8H2,(H2,17,20)(H,18,19). The van der Waals surface area contributed by atoms with Gasteiger partial charge in [-0.2, -0.15) is 0 Å². The van der Waals surface area contributed by atoms with Crippen molar-refractivity contribution < 1.29 is 9.18 Å². The molecule has 0 bridgehead atoms. The molecule has 0 fully saturated rings. The third-order valence-corrected chi connectivity index (χ3v) is 2.79. The summed E-state index contributed by atoms with van der Waals surface area (Å²) in [4.78, 5) is 12.4. The second-order valence-corrected chi connectivity index (χ2v) is 4.83. The number of anilines is 1. The van der Waals surface area contributed by atoms with Crippen molar-refractivity contribution in [2.75, 3.05) is 5.32 Å². The van der Waals surface area contributed by atoms with Crippen molar-refractivity contribution in [1.29, 1.82) is 0 Å². The van der Waals surface area contributed by atoms with Gasteiger partial charge in [-0.25, -0.2) is 4.39 Å². The van der Waals surface area contributed by atoms with Crippen LogP contribution < -0.4 is 11.1 Å². The lowest BCUT2D eigenvalue weighted by atomic mass is 10.1. The second kappa shape index (κ2) is 6.25. The number of carbonyl (C=O) groups excluding carboxylic acids is 1. The highest BCUT2D eigenvalue weighted by Crippen LogP contribution is 2.12. The average molecular weight is 288 g/mol. The van der Waals surface area contributed by atoms with Crippen LogP contribution in [0.5, 0.6) is 0 Å². The number of carbonyl (C=O) groups is 1. The predicted molar refractivity (Wildman–Crippen MR) is 81.3 cm³/mol. The minimum absolute atomic E-state index is 0.305. The zero-order valence-corrected chi connectivity index (χ0v) is 11.4. The van der Waals surface area contributed by atoms with E-state index in [9.17, 15) is 9.18 Å². The molecule has 5 heteroatoms. The molecule has 0 saturated heterocycles. The molecule has 0 aliphatic heterocycles. The van der Waals surface area contributed by atoms with Crippen LogP contribution in [-0.4, -0.2) is 10.9 Å². The quantitative estimate of drug-likeness (QED) is 0.851. The summed E-state index contributed by atoms with van der Waals surface area (Å²) in [5, 5.41) is 2.64. The van der Waals surface area contributed by atoms with E-state index < -0.39 is 5.82 Å². The van der Waals surface area contributed by atoms with Gasteiger partial charge in [-0.1, -0.05) is 30.4 Å². The van der Waals surface area contributed by atoms with Gasteiger partial charge in [-0.15, -0.1) is 0 Å². The molecular formula is C15H13FN2OS. The first-order valence-corrected chi connectivity index (χ1v) is 6.39. The van der Waals surface area contributed by atoms with Crippen LogP contribution >= 0.6 is 12.2 Å². The molecule has 0 aliphatic rings. The number of hydrogen-bond acceptors (Lipinski definition) is 2. The van der Waals surface area contributed by atoms with Crippen LogP contribution in [0.3, 0.4) is 0 Å². The number of thiocarbonyl (C=S) groups is 1. The molecule has 0 aliphatic carbocycles. The molecule has 1 amide bonds. The lowest BCUT2D eigenvalue weighted by Crippen LogP contribution is -2.14. The summed E-state index contributed by atoms with van der Waals surface area (Å²) in [5.74, 6) is -0.703. The summed E-state index contributed by atoms with van der Waals surface area (Å²) < 4.78 is 13.0. The van der Waals surface area contributed by atoms with Crippen molar-refractivity contribution in [3.05, 3.63) is 65.5 Å². The summed E-state index contributed by atoms with van der Waals surface area (Å²) in [5.41, 5.74) is 7.23. The van der Waals surface area contributed by atoms with Gasteiger partial charge in [-0.3, -0.25) is 4.79 Å². The highest BCUT2D eigenvalue weighted by atomic mass is 32.1. The Morgan fingerprint density at radius 2 is 1.95 bits per heavy atom. The fraction of sp³-hybridized carbons (Fsp3) is 0.0667. The molecule has 0 aromatic heterocycles. The Balaban J connectivity index is 2.15. The van der Waals surface area contributed by atoms with E-state index in [1.807, 2.05) is 6.07 Å². The number of nitrogens with one attached hydrogen (secondary N) is 1. The summed E-state index contributed by atoms with van der Waals surface area (Å²) in [6.45, 7) is 0. The summed E-state index contributed by atoms with van der Waals surface area (Å²) >= 11 is 4.84. The highest BCUT2D eigenvalue weighted by molar-refractivity contribution is 7.80. The summed E-state index contributed by atoms with van der Waals surface area (Å²) in [6, 6.07) is 12.7. The van der Waals surface area contributed by atoms with Gasteiger partial charge in [0.2, 0.25) is 0 Å². The van der Waals surface area contributed by atoms with Crippen LogP contribution in [0.4, 0.5) is 10.1 Å². The maximum atomic E-state index is 13.0. The van der Waals surface area contributed by atoms with Crippen molar-refractivity contribution in [3.63, 3.8) is 0 Å². The van der Waals surface area contributed by atoms with Crippen LogP contribution in [0.1, 0.15) is 15.9 Å². The van der Waals surface area contributed by atoms with Crippen LogP contribution in [0.2, 0.25) is 0 Å². The molecule has 0 atom stereocenters. The maximum absolute atomic E-state index is 13.0. The normalized spacial score (nSPS) is 10.1. The topological polar surface area (TPSA) is 55.1 Å². The Hall–Kier alpha value is -2.27. The van der Waals surface area contributed by atoms with E-state index >= 15 is 0 Å². The lowest BCUT2D eigenvalue weighted by molar-refractivity contribution is 0.102. The molecule has 3 N–H and O–H groups in total. The van der Waals surface area contributed by atoms with Gasteiger partial charge in [0.25, 0.3) is 5.91 Å². The molecule has 2 aromatic rings. The zero-order valence-electron chi connectivity index (χ0n) is 10.6. The van der Waals surface area contributed by atoms with E-state index in [4.69, 9.17) is 18.0 Å². The first kappa shape index (κ1) is 14.1. The van der Waals surface area contributed by atoms with Crippen LogP contribution in [0, 0.1) is 5.82 Å². The molecule has 0 unspecified atom stereocenters. The van der Waals surface area contributed by atoms with E-state index in [1.165, 1.54) is 18.2 Å². The number of benzene rings is 2. The fourth-order valence-corrected chi connectivity index (χ4v) is 1.96. The first-order chi connectivity index (χ1) is 9.54. The number of halogens is 1. The number of amides is 1. The van der Waals surface area contributed by atoms with Gasteiger partial charge in [-0.05, 0) is 35.9 Å². The number of hydrogen-bond donors (Lipinski definition) is 2. The molecule has 0 radical (unpaired) electrons. The minimum atomic E-state index is -0.398. The van der Waals surface area contributed by atoms with Gasteiger partial charge < -0.3 is 11.1 Å². The Labute approximate surface area is 121 Å².